The fraction of sp³-hybridized carbons (Fsp3) is 0.600. The predicted molar refractivity (Wildman–Crippen MR) is 41.5 cm³/mol. The van der Waals surface area contributed by atoms with Gasteiger partial charge in [-0.25, -0.2) is 4.99 Å². The van der Waals surface area contributed by atoms with Gasteiger partial charge in [0.15, 0.2) is 5.11 Å². The van der Waals surface area contributed by atoms with Gasteiger partial charge in [0.25, 0.3) is 0 Å². The number of thiocarbonyl (C=S) groups is 1. The lowest BCUT2D eigenvalue weighted by Gasteiger charge is -2.20. The summed E-state index contributed by atoms with van der Waals surface area (Å²) in [6.07, 6.45) is 0.830. The monoisotopic (exact) mass is 143 g/mol. The molecule has 9 heavy (non-hydrogen) atoms. The molecule has 0 unspecified atom stereocenters. The molecule has 0 bridgehead atoms. The molecule has 0 aromatic carbocycles. The second kappa shape index (κ2) is 2.31. The fourth-order valence-corrected chi connectivity index (χ4v) is 0.851. The highest BCUT2D eigenvalue weighted by Gasteiger charge is 2.09. The largest absolute Gasteiger partial charge is 0.387 e. The Morgan fingerprint density at radius 2 is 2.44 bits per heavy atom. The van der Waals surface area contributed by atoms with Crippen LogP contribution in [0.25, 0.3) is 0 Å². The van der Waals surface area contributed by atoms with Crippen molar-refractivity contribution in [3.8, 4) is 0 Å². The standard InChI is InChI=1S/C5H9N3S/c1-8-3-2-4(6)7-5(8)9/h2-3H2,1H3,(H2,6,7,9). The van der Waals surface area contributed by atoms with Crippen molar-refractivity contribution in [3.05, 3.63) is 0 Å². The zero-order valence-corrected chi connectivity index (χ0v) is 6.11. The maximum atomic E-state index is 5.42. The van der Waals surface area contributed by atoms with E-state index in [1.54, 1.807) is 0 Å². The summed E-state index contributed by atoms with van der Waals surface area (Å²) in [5.41, 5.74) is 5.42. The molecule has 0 saturated heterocycles. The van der Waals surface area contributed by atoms with E-state index in [9.17, 15) is 0 Å². The third-order valence-corrected chi connectivity index (χ3v) is 1.67. The molecule has 1 aliphatic rings. The van der Waals surface area contributed by atoms with Crippen LogP contribution in [0.2, 0.25) is 0 Å². The number of nitrogens with zero attached hydrogens (tertiary/aromatic N) is 2. The van der Waals surface area contributed by atoms with Crippen LogP contribution in [0.4, 0.5) is 0 Å². The van der Waals surface area contributed by atoms with E-state index < -0.39 is 0 Å². The number of amidine groups is 1. The van der Waals surface area contributed by atoms with Gasteiger partial charge in [0.05, 0.1) is 0 Å². The van der Waals surface area contributed by atoms with Crippen LogP contribution in [0.15, 0.2) is 4.99 Å². The average Bonchev–Trinajstić information content (AvgIpc) is 1.80. The first-order chi connectivity index (χ1) is 4.20. The molecule has 0 aliphatic carbocycles. The highest BCUT2D eigenvalue weighted by molar-refractivity contribution is 7.80. The smallest absolute Gasteiger partial charge is 0.196 e. The first kappa shape index (κ1) is 6.48. The Balaban J connectivity index is 2.70. The Morgan fingerprint density at radius 1 is 1.78 bits per heavy atom. The molecule has 1 aliphatic heterocycles. The molecule has 0 aromatic rings. The lowest BCUT2D eigenvalue weighted by molar-refractivity contribution is 0.513. The first-order valence-corrected chi connectivity index (χ1v) is 3.19. The minimum Gasteiger partial charge on any atom is -0.387 e. The van der Waals surface area contributed by atoms with Crippen molar-refractivity contribution in [2.24, 2.45) is 10.7 Å². The van der Waals surface area contributed by atoms with E-state index in [4.69, 9.17) is 18.0 Å². The second-order valence-corrected chi connectivity index (χ2v) is 2.42. The molecule has 4 heteroatoms. The van der Waals surface area contributed by atoms with E-state index in [0.29, 0.717) is 10.9 Å². The summed E-state index contributed by atoms with van der Waals surface area (Å²) >= 11 is 4.86. The van der Waals surface area contributed by atoms with Crippen molar-refractivity contribution in [1.29, 1.82) is 0 Å². The van der Waals surface area contributed by atoms with Crippen LogP contribution >= 0.6 is 12.2 Å². The van der Waals surface area contributed by atoms with E-state index in [1.165, 1.54) is 0 Å². The molecule has 0 radical (unpaired) electrons. The molecule has 2 N–H and O–H groups in total. The van der Waals surface area contributed by atoms with Gasteiger partial charge in [-0.2, -0.15) is 0 Å². The Hall–Kier alpha value is -0.640. The van der Waals surface area contributed by atoms with Crippen molar-refractivity contribution >= 4 is 23.2 Å². The van der Waals surface area contributed by atoms with E-state index in [1.807, 2.05) is 11.9 Å². The molecular weight excluding hydrogens is 134 g/mol. The SMILES string of the molecule is CN1CCC(N)=NC1=S. The maximum absolute atomic E-state index is 5.42. The molecule has 1 rings (SSSR count). The predicted octanol–water partition coefficient (Wildman–Crippen LogP) is -0.0360. The summed E-state index contributed by atoms with van der Waals surface area (Å²) in [5.74, 6) is 0.651. The zero-order valence-electron chi connectivity index (χ0n) is 5.29. The van der Waals surface area contributed by atoms with Crippen LogP contribution in [0, 0.1) is 0 Å². The van der Waals surface area contributed by atoms with Crippen molar-refractivity contribution in [1.82, 2.24) is 4.90 Å². The zero-order chi connectivity index (χ0) is 6.85. The Bertz CT molecular complexity index is 164. The third kappa shape index (κ3) is 1.38. The van der Waals surface area contributed by atoms with Crippen molar-refractivity contribution in [3.63, 3.8) is 0 Å². The quantitative estimate of drug-likeness (QED) is 0.484. The Morgan fingerprint density at radius 3 is 2.89 bits per heavy atom. The summed E-state index contributed by atoms with van der Waals surface area (Å²) in [5, 5.41) is 0.596. The van der Waals surface area contributed by atoms with E-state index in [0.717, 1.165) is 13.0 Å². The molecule has 0 amide bonds. The van der Waals surface area contributed by atoms with E-state index in [2.05, 4.69) is 4.99 Å². The molecule has 1 heterocycles. The van der Waals surface area contributed by atoms with Crippen molar-refractivity contribution < 1.29 is 0 Å². The number of rotatable bonds is 0. The molecular formula is C5H9N3S. The van der Waals surface area contributed by atoms with Gasteiger partial charge >= 0.3 is 0 Å². The number of aliphatic imine (C=N–C) groups is 1. The van der Waals surface area contributed by atoms with Gasteiger partial charge in [-0.3, -0.25) is 0 Å². The van der Waals surface area contributed by atoms with Crippen LogP contribution in [0.5, 0.6) is 0 Å². The number of hydrogen-bond acceptors (Lipinski definition) is 2. The van der Waals surface area contributed by atoms with Gasteiger partial charge in [-0.15, -0.1) is 0 Å². The lowest BCUT2D eigenvalue weighted by Crippen LogP contribution is -2.34. The van der Waals surface area contributed by atoms with Crippen molar-refractivity contribution in [2.45, 2.75) is 6.42 Å². The molecule has 50 valence electrons. The molecule has 0 saturated carbocycles. The van der Waals surface area contributed by atoms with Crippen molar-refractivity contribution in [2.75, 3.05) is 13.6 Å². The summed E-state index contributed by atoms with van der Waals surface area (Å²) in [4.78, 5) is 5.82. The van der Waals surface area contributed by atoms with Gasteiger partial charge in [0, 0.05) is 20.0 Å². The minimum absolute atomic E-state index is 0.596. The normalized spacial score (nSPS) is 19.9. The summed E-state index contributed by atoms with van der Waals surface area (Å²) in [7, 11) is 1.91. The van der Waals surface area contributed by atoms with Crippen LogP contribution in [0.3, 0.4) is 0 Å². The van der Waals surface area contributed by atoms with Gasteiger partial charge in [0.1, 0.15) is 5.84 Å². The summed E-state index contributed by atoms with van der Waals surface area (Å²) in [6, 6.07) is 0. The van der Waals surface area contributed by atoms with E-state index >= 15 is 0 Å². The highest BCUT2D eigenvalue weighted by Crippen LogP contribution is 1.99. The maximum Gasteiger partial charge on any atom is 0.196 e. The summed E-state index contributed by atoms with van der Waals surface area (Å²) in [6.45, 7) is 0.897. The van der Waals surface area contributed by atoms with Gasteiger partial charge in [0.2, 0.25) is 0 Å². The summed E-state index contributed by atoms with van der Waals surface area (Å²) < 4.78 is 0. The number of nitrogens with two attached hydrogens (primary N) is 1. The Labute approximate surface area is 59.5 Å². The fourth-order valence-electron chi connectivity index (χ4n) is 0.642. The Kier molecular flexibility index (Phi) is 1.66. The minimum atomic E-state index is 0.596. The molecule has 0 aromatic heterocycles. The van der Waals surface area contributed by atoms with Crippen LogP contribution in [-0.4, -0.2) is 29.4 Å². The highest BCUT2D eigenvalue weighted by atomic mass is 32.1. The second-order valence-electron chi connectivity index (χ2n) is 2.06. The third-order valence-electron chi connectivity index (χ3n) is 1.27. The topological polar surface area (TPSA) is 41.6 Å². The lowest BCUT2D eigenvalue weighted by atomic mass is 10.3. The average molecular weight is 143 g/mol. The molecule has 0 fully saturated rings. The van der Waals surface area contributed by atoms with E-state index in [-0.39, 0.29) is 0 Å². The molecule has 0 atom stereocenters. The molecule has 3 nitrogen and oxygen atoms in total. The van der Waals surface area contributed by atoms with Crippen LogP contribution < -0.4 is 5.73 Å². The van der Waals surface area contributed by atoms with Crippen LogP contribution in [-0.2, 0) is 0 Å². The first-order valence-electron chi connectivity index (χ1n) is 2.78. The molecule has 0 spiro atoms. The van der Waals surface area contributed by atoms with Gasteiger partial charge in [-0.05, 0) is 12.2 Å². The van der Waals surface area contributed by atoms with Gasteiger partial charge in [-0.1, -0.05) is 0 Å². The number of hydrogen-bond donors (Lipinski definition) is 1. The van der Waals surface area contributed by atoms with Gasteiger partial charge < -0.3 is 10.6 Å². The van der Waals surface area contributed by atoms with Crippen LogP contribution in [0.1, 0.15) is 6.42 Å².